The van der Waals surface area contributed by atoms with Gasteiger partial charge in [0.05, 0.1) is 0 Å². The summed E-state index contributed by atoms with van der Waals surface area (Å²) in [4.78, 5) is 0. The van der Waals surface area contributed by atoms with Crippen molar-refractivity contribution in [1.29, 1.82) is 0 Å². The molecule has 0 heterocycles. The Morgan fingerprint density at radius 2 is 1.48 bits per heavy atom. The summed E-state index contributed by atoms with van der Waals surface area (Å²) in [6.07, 6.45) is 0. The first-order valence-electron chi connectivity index (χ1n) is 7.97. The Bertz CT molecular complexity index is 735. The van der Waals surface area contributed by atoms with E-state index in [-0.39, 0.29) is 0 Å². The molecular formula is C21H21NO. The van der Waals surface area contributed by atoms with Crippen LogP contribution in [0.15, 0.2) is 78.9 Å². The van der Waals surface area contributed by atoms with Crippen molar-refractivity contribution in [3.05, 3.63) is 84.4 Å². The molecule has 3 aromatic rings. The highest BCUT2D eigenvalue weighted by Gasteiger charge is 2.04. The molecule has 0 radical (unpaired) electrons. The Morgan fingerprint density at radius 1 is 0.783 bits per heavy atom. The zero-order chi connectivity index (χ0) is 15.9. The van der Waals surface area contributed by atoms with Gasteiger partial charge in [-0.3, -0.25) is 0 Å². The molecule has 0 spiro atoms. The molecule has 2 nitrogen and oxygen atoms in total. The fourth-order valence-corrected chi connectivity index (χ4v) is 2.55. The molecule has 0 aromatic heterocycles. The molecule has 0 aliphatic carbocycles. The van der Waals surface area contributed by atoms with E-state index in [0.29, 0.717) is 6.61 Å². The third kappa shape index (κ3) is 3.92. The highest BCUT2D eigenvalue weighted by Crippen LogP contribution is 2.29. The van der Waals surface area contributed by atoms with Gasteiger partial charge in [-0.25, -0.2) is 0 Å². The van der Waals surface area contributed by atoms with E-state index in [0.717, 1.165) is 18.0 Å². The lowest BCUT2D eigenvalue weighted by Crippen LogP contribution is -1.98. The van der Waals surface area contributed by atoms with Crippen molar-refractivity contribution >= 4 is 5.69 Å². The van der Waals surface area contributed by atoms with Crippen molar-refractivity contribution in [2.24, 2.45) is 0 Å². The molecule has 23 heavy (non-hydrogen) atoms. The van der Waals surface area contributed by atoms with Gasteiger partial charge in [-0.15, -0.1) is 0 Å². The summed E-state index contributed by atoms with van der Waals surface area (Å²) < 4.78 is 5.85. The molecule has 2 heteroatoms. The van der Waals surface area contributed by atoms with Crippen LogP contribution in [0.5, 0.6) is 5.75 Å². The maximum Gasteiger partial charge on any atom is 0.119 e. The lowest BCUT2D eigenvalue weighted by Gasteiger charge is -2.12. The summed E-state index contributed by atoms with van der Waals surface area (Å²) in [7, 11) is 0. The van der Waals surface area contributed by atoms with Gasteiger partial charge in [0.25, 0.3) is 0 Å². The molecule has 0 aliphatic rings. The van der Waals surface area contributed by atoms with E-state index < -0.39 is 0 Å². The number of anilines is 1. The Morgan fingerprint density at radius 3 is 2.22 bits per heavy atom. The second-order valence-corrected chi connectivity index (χ2v) is 5.37. The maximum atomic E-state index is 5.85. The lowest BCUT2D eigenvalue weighted by atomic mass is 10.0. The molecule has 0 fully saturated rings. The number of ether oxygens (including phenoxy) is 1. The highest BCUT2D eigenvalue weighted by molar-refractivity contribution is 5.78. The minimum Gasteiger partial charge on any atom is -0.489 e. The Kier molecular flexibility index (Phi) is 4.95. The number of hydrogen-bond donors (Lipinski definition) is 1. The van der Waals surface area contributed by atoms with Crippen molar-refractivity contribution in [2.75, 3.05) is 11.9 Å². The second-order valence-electron chi connectivity index (χ2n) is 5.37. The third-order valence-corrected chi connectivity index (χ3v) is 3.71. The van der Waals surface area contributed by atoms with E-state index in [1.807, 2.05) is 30.3 Å². The summed E-state index contributed by atoms with van der Waals surface area (Å²) in [6, 6.07) is 26.8. The predicted molar refractivity (Wildman–Crippen MR) is 96.8 cm³/mol. The number of nitrogens with one attached hydrogen (secondary N) is 1. The number of benzene rings is 3. The van der Waals surface area contributed by atoms with Crippen LogP contribution in [0.4, 0.5) is 5.69 Å². The van der Waals surface area contributed by atoms with Gasteiger partial charge >= 0.3 is 0 Å². The molecule has 0 aliphatic heterocycles. The topological polar surface area (TPSA) is 21.3 Å². The van der Waals surface area contributed by atoms with Crippen LogP contribution in [-0.2, 0) is 6.61 Å². The molecule has 0 atom stereocenters. The van der Waals surface area contributed by atoms with E-state index >= 15 is 0 Å². The average Bonchev–Trinajstić information content (AvgIpc) is 2.62. The van der Waals surface area contributed by atoms with E-state index in [1.165, 1.54) is 16.7 Å². The van der Waals surface area contributed by atoms with Gasteiger partial charge in [-0.1, -0.05) is 60.7 Å². The van der Waals surface area contributed by atoms with Crippen molar-refractivity contribution in [1.82, 2.24) is 0 Å². The minimum atomic E-state index is 0.591. The monoisotopic (exact) mass is 303 g/mol. The normalized spacial score (nSPS) is 10.3. The Hall–Kier alpha value is -2.74. The summed E-state index contributed by atoms with van der Waals surface area (Å²) >= 11 is 0. The van der Waals surface area contributed by atoms with Gasteiger partial charge in [0, 0.05) is 17.8 Å². The first-order chi connectivity index (χ1) is 11.4. The summed E-state index contributed by atoms with van der Waals surface area (Å²) in [6.45, 7) is 3.61. The van der Waals surface area contributed by atoms with Gasteiger partial charge in [0.2, 0.25) is 0 Å². The molecule has 0 unspecified atom stereocenters. The maximum absolute atomic E-state index is 5.85. The van der Waals surface area contributed by atoms with Gasteiger partial charge in [0.1, 0.15) is 12.4 Å². The van der Waals surface area contributed by atoms with E-state index in [9.17, 15) is 0 Å². The zero-order valence-corrected chi connectivity index (χ0v) is 13.3. The van der Waals surface area contributed by atoms with Crippen LogP contribution in [0.2, 0.25) is 0 Å². The number of hydrogen-bond acceptors (Lipinski definition) is 2. The van der Waals surface area contributed by atoms with Gasteiger partial charge < -0.3 is 10.1 Å². The lowest BCUT2D eigenvalue weighted by molar-refractivity contribution is 0.306. The standard InChI is InChI=1S/C21H21NO/c1-2-22-21-11-7-6-10-20(21)18-12-14-19(15-13-18)23-16-17-8-4-3-5-9-17/h3-15,22H,2,16H2,1H3. The molecule has 0 amide bonds. The minimum absolute atomic E-state index is 0.591. The smallest absolute Gasteiger partial charge is 0.119 e. The molecule has 116 valence electrons. The first kappa shape index (κ1) is 15.2. The van der Waals surface area contributed by atoms with Crippen LogP contribution in [-0.4, -0.2) is 6.54 Å². The van der Waals surface area contributed by atoms with Crippen molar-refractivity contribution in [2.45, 2.75) is 13.5 Å². The van der Waals surface area contributed by atoms with Crippen molar-refractivity contribution in [3.63, 3.8) is 0 Å². The molecule has 3 rings (SSSR count). The quantitative estimate of drug-likeness (QED) is 0.661. The summed E-state index contributed by atoms with van der Waals surface area (Å²) in [5, 5.41) is 3.40. The third-order valence-electron chi connectivity index (χ3n) is 3.71. The highest BCUT2D eigenvalue weighted by atomic mass is 16.5. The second kappa shape index (κ2) is 7.50. The molecule has 0 bridgehead atoms. The van der Waals surface area contributed by atoms with Gasteiger partial charge in [-0.2, -0.15) is 0 Å². The SMILES string of the molecule is CCNc1ccccc1-c1ccc(OCc2ccccc2)cc1. The molecule has 1 N–H and O–H groups in total. The molecule has 0 saturated heterocycles. The Labute approximate surface area is 137 Å². The first-order valence-corrected chi connectivity index (χ1v) is 7.97. The Balaban J connectivity index is 1.72. The van der Waals surface area contributed by atoms with Crippen LogP contribution >= 0.6 is 0 Å². The fourth-order valence-electron chi connectivity index (χ4n) is 2.55. The largest absolute Gasteiger partial charge is 0.489 e. The zero-order valence-electron chi connectivity index (χ0n) is 13.3. The number of para-hydroxylation sites is 1. The fraction of sp³-hybridized carbons (Fsp3) is 0.143. The summed E-state index contributed by atoms with van der Waals surface area (Å²) in [5.41, 5.74) is 4.74. The molecule has 3 aromatic carbocycles. The van der Waals surface area contributed by atoms with Crippen LogP contribution < -0.4 is 10.1 Å². The summed E-state index contributed by atoms with van der Waals surface area (Å²) in [5.74, 6) is 0.888. The van der Waals surface area contributed by atoms with E-state index in [1.54, 1.807) is 0 Å². The van der Waals surface area contributed by atoms with E-state index in [2.05, 4.69) is 60.8 Å². The van der Waals surface area contributed by atoms with Gasteiger partial charge in [-0.05, 0) is 36.2 Å². The van der Waals surface area contributed by atoms with Gasteiger partial charge in [0.15, 0.2) is 0 Å². The van der Waals surface area contributed by atoms with Crippen LogP contribution in [0.1, 0.15) is 12.5 Å². The van der Waals surface area contributed by atoms with Crippen LogP contribution in [0.25, 0.3) is 11.1 Å². The predicted octanol–water partition coefficient (Wildman–Crippen LogP) is 5.36. The van der Waals surface area contributed by atoms with E-state index in [4.69, 9.17) is 4.74 Å². The van der Waals surface area contributed by atoms with Crippen LogP contribution in [0.3, 0.4) is 0 Å². The van der Waals surface area contributed by atoms with Crippen molar-refractivity contribution in [3.8, 4) is 16.9 Å². The van der Waals surface area contributed by atoms with Crippen molar-refractivity contribution < 1.29 is 4.74 Å². The number of rotatable bonds is 6. The molecular weight excluding hydrogens is 282 g/mol. The van der Waals surface area contributed by atoms with Crippen LogP contribution in [0, 0.1) is 0 Å². The average molecular weight is 303 g/mol. The molecule has 0 saturated carbocycles.